The predicted molar refractivity (Wildman–Crippen MR) is 148 cm³/mol. The number of fused-ring (bicyclic) bond motifs is 1. The first-order valence-electron chi connectivity index (χ1n) is 11.9. The van der Waals surface area contributed by atoms with Crippen LogP contribution >= 0.6 is 0 Å². The molecular formula is C29H23BFN5O2. The standard InChI is InChI=1S/C29H23BFN5O2/c1-16-6-3-4-9-23(16)36-21(11-18-8-5-7-17(2)24(18)29(36)38)14-33-28-25(27(30)34-15-35-28)26(32)19-10-20(31)13-22(37)12-19/h3-13,15,32,37H,14H2,1-2H3,(H,33,34,35). The van der Waals surface area contributed by atoms with E-state index in [1.807, 2.05) is 62.4 Å². The van der Waals surface area contributed by atoms with Gasteiger partial charge < -0.3 is 10.4 Å². The molecule has 2 aromatic heterocycles. The van der Waals surface area contributed by atoms with E-state index in [0.717, 1.165) is 34.3 Å². The molecule has 0 aliphatic rings. The van der Waals surface area contributed by atoms with Crippen molar-refractivity contribution in [2.75, 3.05) is 5.32 Å². The van der Waals surface area contributed by atoms with E-state index in [-0.39, 0.29) is 46.1 Å². The fraction of sp³-hybridized carbons (Fsp3) is 0.103. The van der Waals surface area contributed by atoms with Crippen LogP contribution < -0.4 is 16.5 Å². The summed E-state index contributed by atoms with van der Waals surface area (Å²) in [6.07, 6.45) is 1.26. The molecule has 2 radical (unpaired) electrons. The van der Waals surface area contributed by atoms with Gasteiger partial charge in [0, 0.05) is 22.9 Å². The van der Waals surface area contributed by atoms with E-state index in [0.29, 0.717) is 11.1 Å². The molecule has 7 nitrogen and oxygen atoms in total. The van der Waals surface area contributed by atoms with Crippen molar-refractivity contribution in [1.29, 1.82) is 5.41 Å². The quantitative estimate of drug-likeness (QED) is 0.240. The van der Waals surface area contributed by atoms with Gasteiger partial charge in [0.05, 0.1) is 28.9 Å². The van der Waals surface area contributed by atoms with Crippen LogP contribution in [0.1, 0.15) is 27.9 Å². The smallest absolute Gasteiger partial charge is 0.263 e. The lowest BCUT2D eigenvalue weighted by molar-refractivity contribution is 0.469. The van der Waals surface area contributed by atoms with Crippen LogP contribution in [-0.2, 0) is 6.54 Å². The minimum absolute atomic E-state index is 0.0154. The van der Waals surface area contributed by atoms with Crippen LogP contribution in [0.25, 0.3) is 16.5 Å². The molecule has 0 atom stereocenters. The van der Waals surface area contributed by atoms with E-state index in [4.69, 9.17) is 13.3 Å². The maximum absolute atomic E-state index is 13.9. The number of aromatic hydroxyl groups is 1. The molecule has 0 unspecified atom stereocenters. The van der Waals surface area contributed by atoms with Crippen molar-refractivity contribution in [2.24, 2.45) is 0 Å². The van der Waals surface area contributed by atoms with E-state index >= 15 is 0 Å². The van der Waals surface area contributed by atoms with Gasteiger partial charge >= 0.3 is 0 Å². The Morgan fingerprint density at radius 3 is 2.58 bits per heavy atom. The Bertz CT molecular complexity index is 1760. The molecule has 0 aliphatic carbocycles. The third-order valence-corrected chi connectivity index (χ3v) is 6.42. The van der Waals surface area contributed by atoms with E-state index in [1.165, 1.54) is 12.4 Å². The first kappa shape index (κ1) is 24.9. The Kier molecular flexibility index (Phi) is 6.51. The van der Waals surface area contributed by atoms with Crippen LogP contribution in [0.2, 0.25) is 0 Å². The van der Waals surface area contributed by atoms with Crippen molar-refractivity contribution < 1.29 is 9.50 Å². The molecule has 5 rings (SSSR count). The summed E-state index contributed by atoms with van der Waals surface area (Å²) in [7, 11) is 6.12. The number of anilines is 1. The number of halogens is 1. The van der Waals surface area contributed by atoms with Crippen molar-refractivity contribution >= 4 is 35.7 Å². The number of benzene rings is 3. The number of rotatable bonds is 6. The van der Waals surface area contributed by atoms with Gasteiger partial charge in [-0.15, -0.1) is 0 Å². The van der Waals surface area contributed by atoms with E-state index in [2.05, 4.69) is 15.3 Å². The molecule has 5 aromatic rings. The third-order valence-electron chi connectivity index (χ3n) is 6.42. The van der Waals surface area contributed by atoms with Gasteiger partial charge in [-0.25, -0.2) is 9.37 Å². The molecule has 0 bridgehead atoms. The van der Waals surface area contributed by atoms with Gasteiger partial charge in [-0.05, 0) is 54.6 Å². The summed E-state index contributed by atoms with van der Waals surface area (Å²) in [5.74, 6) is -0.772. The van der Waals surface area contributed by atoms with Crippen molar-refractivity contribution in [2.45, 2.75) is 20.4 Å². The number of pyridine rings is 1. The topological polar surface area (TPSA) is 104 Å². The summed E-state index contributed by atoms with van der Waals surface area (Å²) in [6.45, 7) is 4.02. The number of aryl methyl sites for hydroxylation is 2. The molecule has 38 heavy (non-hydrogen) atoms. The van der Waals surface area contributed by atoms with Crippen molar-refractivity contribution in [3.63, 3.8) is 0 Å². The van der Waals surface area contributed by atoms with Crippen LogP contribution in [0.3, 0.4) is 0 Å². The Balaban J connectivity index is 1.61. The van der Waals surface area contributed by atoms with Gasteiger partial charge in [-0.3, -0.25) is 19.8 Å². The van der Waals surface area contributed by atoms with Crippen LogP contribution in [-0.4, -0.2) is 33.2 Å². The number of hydrogen-bond donors (Lipinski definition) is 3. The monoisotopic (exact) mass is 503 g/mol. The zero-order valence-electron chi connectivity index (χ0n) is 20.8. The number of para-hydroxylation sites is 1. The average molecular weight is 503 g/mol. The van der Waals surface area contributed by atoms with Crippen LogP contribution in [0.15, 0.2) is 77.9 Å². The Morgan fingerprint density at radius 2 is 1.82 bits per heavy atom. The minimum Gasteiger partial charge on any atom is -0.508 e. The van der Waals surface area contributed by atoms with Crippen molar-refractivity contribution in [3.05, 3.63) is 117 Å². The lowest BCUT2D eigenvalue weighted by atomic mass is 9.91. The Labute approximate surface area is 219 Å². The molecule has 0 amide bonds. The maximum atomic E-state index is 13.9. The minimum atomic E-state index is -0.691. The molecular weight excluding hydrogens is 480 g/mol. The molecule has 186 valence electrons. The highest BCUT2D eigenvalue weighted by Gasteiger charge is 2.18. The predicted octanol–water partition coefficient (Wildman–Crippen LogP) is 4.06. The zero-order chi connectivity index (χ0) is 27.0. The van der Waals surface area contributed by atoms with Crippen LogP contribution in [0, 0.1) is 25.1 Å². The SMILES string of the molecule is [B]c1ncnc(NCc2cc3cccc(C)c3c(=O)n2-c2ccccc2C)c1C(=N)c1cc(O)cc(F)c1. The molecule has 3 N–H and O–H groups in total. The van der Waals surface area contributed by atoms with Gasteiger partial charge in [-0.1, -0.05) is 36.4 Å². The first-order valence-corrected chi connectivity index (χ1v) is 11.9. The lowest BCUT2D eigenvalue weighted by Crippen LogP contribution is -2.27. The number of nitrogens with one attached hydrogen (secondary N) is 2. The number of phenolic OH excluding ortho intramolecular Hbond substituents is 1. The number of phenols is 1. The maximum Gasteiger partial charge on any atom is 0.263 e. The summed E-state index contributed by atoms with van der Waals surface area (Å²) in [5, 5.41) is 23.1. The summed E-state index contributed by atoms with van der Waals surface area (Å²) in [6, 6.07) is 18.6. The second-order valence-electron chi connectivity index (χ2n) is 9.01. The summed E-state index contributed by atoms with van der Waals surface area (Å²) in [5.41, 5.74) is 3.22. The van der Waals surface area contributed by atoms with Gasteiger partial charge in [0.25, 0.3) is 5.56 Å². The molecule has 2 heterocycles. The Morgan fingerprint density at radius 1 is 1.05 bits per heavy atom. The first-order chi connectivity index (χ1) is 18.2. The number of hydrogen-bond acceptors (Lipinski definition) is 6. The summed E-state index contributed by atoms with van der Waals surface area (Å²) < 4.78 is 15.6. The number of nitrogens with zero attached hydrogens (tertiary/aromatic N) is 3. The molecule has 0 aliphatic heterocycles. The second-order valence-corrected chi connectivity index (χ2v) is 9.01. The summed E-state index contributed by atoms with van der Waals surface area (Å²) in [4.78, 5) is 22.1. The Hall–Kier alpha value is -4.79. The molecule has 0 spiro atoms. The van der Waals surface area contributed by atoms with Crippen molar-refractivity contribution in [3.8, 4) is 11.4 Å². The van der Waals surface area contributed by atoms with Gasteiger partial charge in [0.2, 0.25) is 0 Å². The van der Waals surface area contributed by atoms with Crippen molar-refractivity contribution in [1.82, 2.24) is 14.5 Å². The largest absolute Gasteiger partial charge is 0.508 e. The second kappa shape index (κ2) is 9.93. The van der Waals surface area contributed by atoms with E-state index in [1.54, 1.807) is 4.57 Å². The average Bonchev–Trinajstić information content (AvgIpc) is 2.87. The van der Waals surface area contributed by atoms with Crippen LogP contribution in [0.5, 0.6) is 5.75 Å². The lowest BCUT2D eigenvalue weighted by Gasteiger charge is -2.19. The third kappa shape index (κ3) is 4.54. The van der Waals surface area contributed by atoms with Crippen LogP contribution in [0.4, 0.5) is 10.2 Å². The fourth-order valence-electron chi connectivity index (χ4n) is 4.61. The molecule has 0 saturated carbocycles. The molecule has 3 aromatic carbocycles. The molecule has 0 saturated heterocycles. The summed E-state index contributed by atoms with van der Waals surface area (Å²) >= 11 is 0. The van der Waals surface area contributed by atoms with Gasteiger partial charge in [0.15, 0.2) is 0 Å². The zero-order valence-corrected chi connectivity index (χ0v) is 20.8. The van der Waals surface area contributed by atoms with E-state index < -0.39 is 5.82 Å². The molecule has 0 fully saturated rings. The molecule has 9 heteroatoms. The normalized spacial score (nSPS) is 11.0. The van der Waals surface area contributed by atoms with Gasteiger partial charge in [0.1, 0.15) is 31.6 Å². The highest BCUT2D eigenvalue weighted by molar-refractivity contribution is 6.37. The number of aromatic nitrogens is 3. The van der Waals surface area contributed by atoms with Gasteiger partial charge in [-0.2, -0.15) is 0 Å². The highest BCUT2D eigenvalue weighted by atomic mass is 19.1. The fourth-order valence-corrected chi connectivity index (χ4v) is 4.61. The highest BCUT2D eigenvalue weighted by Crippen LogP contribution is 2.23. The van der Waals surface area contributed by atoms with E-state index in [9.17, 15) is 14.3 Å².